The SMILES string of the molecule is CCN(CC)c1onc(-c2ccc(F)cc2)c1CN(C(C)=O)C1CC1. The molecule has 134 valence electrons. The number of hydrogen-bond donors (Lipinski definition) is 0. The van der Waals surface area contributed by atoms with Gasteiger partial charge in [0.25, 0.3) is 0 Å². The van der Waals surface area contributed by atoms with Gasteiger partial charge in [-0.3, -0.25) is 4.79 Å². The van der Waals surface area contributed by atoms with E-state index in [4.69, 9.17) is 4.52 Å². The van der Waals surface area contributed by atoms with Crippen molar-refractivity contribution in [3.8, 4) is 11.3 Å². The Kier molecular flexibility index (Phi) is 5.06. The van der Waals surface area contributed by atoms with Crippen LogP contribution < -0.4 is 4.90 Å². The first-order valence-corrected chi connectivity index (χ1v) is 8.81. The quantitative estimate of drug-likeness (QED) is 0.765. The molecule has 3 rings (SSSR count). The molecule has 0 N–H and O–H groups in total. The van der Waals surface area contributed by atoms with Gasteiger partial charge in [0.05, 0.1) is 12.1 Å². The van der Waals surface area contributed by atoms with E-state index in [2.05, 4.69) is 23.9 Å². The second kappa shape index (κ2) is 7.25. The van der Waals surface area contributed by atoms with Crippen molar-refractivity contribution >= 4 is 11.8 Å². The third-order valence-corrected chi connectivity index (χ3v) is 4.66. The van der Waals surface area contributed by atoms with Crippen molar-refractivity contribution in [3.05, 3.63) is 35.6 Å². The maximum Gasteiger partial charge on any atom is 0.232 e. The maximum atomic E-state index is 13.3. The molecule has 1 amide bonds. The zero-order valence-corrected chi connectivity index (χ0v) is 15.0. The lowest BCUT2D eigenvalue weighted by molar-refractivity contribution is -0.130. The minimum atomic E-state index is -0.291. The molecule has 0 atom stereocenters. The third-order valence-electron chi connectivity index (χ3n) is 4.66. The van der Waals surface area contributed by atoms with Gasteiger partial charge in [-0.05, 0) is 51.0 Å². The monoisotopic (exact) mass is 345 g/mol. The van der Waals surface area contributed by atoms with E-state index in [0.717, 1.165) is 37.1 Å². The summed E-state index contributed by atoms with van der Waals surface area (Å²) in [6.45, 7) is 7.73. The molecule has 1 aromatic carbocycles. The van der Waals surface area contributed by atoms with Crippen LogP contribution in [0.15, 0.2) is 28.8 Å². The van der Waals surface area contributed by atoms with Crippen molar-refractivity contribution in [2.75, 3.05) is 18.0 Å². The average Bonchev–Trinajstić information content (AvgIpc) is 3.35. The number of halogens is 1. The van der Waals surface area contributed by atoms with Gasteiger partial charge in [0.1, 0.15) is 11.5 Å². The molecule has 0 bridgehead atoms. The first-order chi connectivity index (χ1) is 12.0. The number of rotatable bonds is 7. The van der Waals surface area contributed by atoms with E-state index in [0.29, 0.717) is 24.2 Å². The maximum absolute atomic E-state index is 13.3. The standard InChI is InChI=1S/C19H24FN3O2/c1-4-22(5-2)19-17(12-23(13(3)24)16-10-11-16)18(21-25-19)14-6-8-15(20)9-7-14/h6-9,16H,4-5,10-12H2,1-3H3. The van der Waals surface area contributed by atoms with Gasteiger partial charge < -0.3 is 14.3 Å². The zero-order chi connectivity index (χ0) is 18.0. The molecule has 0 saturated heterocycles. The summed E-state index contributed by atoms with van der Waals surface area (Å²) in [7, 11) is 0. The van der Waals surface area contributed by atoms with Crippen molar-refractivity contribution in [3.63, 3.8) is 0 Å². The molecule has 25 heavy (non-hydrogen) atoms. The fourth-order valence-electron chi connectivity index (χ4n) is 3.09. The van der Waals surface area contributed by atoms with Crippen LogP contribution in [0.25, 0.3) is 11.3 Å². The van der Waals surface area contributed by atoms with E-state index < -0.39 is 0 Å². The second-order valence-electron chi connectivity index (χ2n) is 6.37. The molecule has 1 heterocycles. The Hall–Kier alpha value is -2.37. The molecule has 6 heteroatoms. The topological polar surface area (TPSA) is 49.6 Å². The Morgan fingerprint density at radius 2 is 1.88 bits per heavy atom. The van der Waals surface area contributed by atoms with Crippen molar-refractivity contribution in [1.29, 1.82) is 0 Å². The lowest BCUT2D eigenvalue weighted by Gasteiger charge is -2.23. The predicted octanol–water partition coefficient (Wildman–Crippen LogP) is 3.84. The molecule has 1 fully saturated rings. The van der Waals surface area contributed by atoms with Gasteiger partial charge in [-0.25, -0.2) is 4.39 Å². The number of carbonyl (C=O) groups excluding carboxylic acids is 1. The van der Waals surface area contributed by atoms with E-state index in [9.17, 15) is 9.18 Å². The Balaban J connectivity index is 2.02. The van der Waals surface area contributed by atoms with Crippen molar-refractivity contribution in [2.24, 2.45) is 0 Å². The van der Waals surface area contributed by atoms with Crippen LogP contribution in [0.4, 0.5) is 10.3 Å². The summed E-state index contributed by atoms with van der Waals surface area (Å²) in [4.78, 5) is 16.0. The zero-order valence-electron chi connectivity index (χ0n) is 15.0. The Morgan fingerprint density at radius 3 is 2.40 bits per heavy atom. The highest BCUT2D eigenvalue weighted by molar-refractivity contribution is 5.75. The summed E-state index contributed by atoms with van der Waals surface area (Å²) < 4.78 is 18.9. The Bertz CT molecular complexity index is 734. The van der Waals surface area contributed by atoms with Crippen molar-refractivity contribution in [1.82, 2.24) is 10.1 Å². The summed E-state index contributed by atoms with van der Waals surface area (Å²) >= 11 is 0. The van der Waals surface area contributed by atoms with Crippen LogP contribution in [0.1, 0.15) is 39.2 Å². The summed E-state index contributed by atoms with van der Waals surface area (Å²) in [5, 5.41) is 4.25. The van der Waals surface area contributed by atoms with Crippen LogP contribution in [-0.4, -0.2) is 35.1 Å². The predicted molar refractivity (Wildman–Crippen MR) is 94.7 cm³/mol. The van der Waals surface area contributed by atoms with Gasteiger partial charge >= 0.3 is 0 Å². The number of carbonyl (C=O) groups is 1. The van der Waals surface area contributed by atoms with Gasteiger partial charge in [-0.1, -0.05) is 5.16 Å². The van der Waals surface area contributed by atoms with Crippen LogP contribution in [0.3, 0.4) is 0 Å². The molecule has 5 nitrogen and oxygen atoms in total. The Morgan fingerprint density at radius 1 is 1.24 bits per heavy atom. The second-order valence-corrected chi connectivity index (χ2v) is 6.37. The van der Waals surface area contributed by atoms with Crippen LogP contribution in [0, 0.1) is 5.82 Å². The molecular weight excluding hydrogens is 321 g/mol. The smallest absolute Gasteiger partial charge is 0.232 e. The van der Waals surface area contributed by atoms with Crippen LogP contribution in [0.2, 0.25) is 0 Å². The fraction of sp³-hybridized carbons (Fsp3) is 0.474. The van der Waals surface area contributed by atoms with Gasteiger partial charge in [-0.15, -0.1) is 0 Å². The molecule has 0 radical (unpaired) electrons. The average molecular weight is 345 g/mol. The minimum absolute atomic E-state index is 0.0549. The van der Waals surface area contributed by atoms with Gasteiger partial charge in [0.15, 0.2) is 0 Å². The van der Waals surface area contributed by atoms with Crippen LogP contribution >= 0.6 is 0 Å². The highest BCUT2D eigenvalue weighted by atomic mass is 19.1. The molecule has 0 aliphatic heterocycles. The molecule has 0 spiro atoms. The summed E-state index contributed by atoms with van der Waals surface area (Å²) in [5.41, 5.74) is 2.35. The molecule has 2 aromatic rings. The third kappa shape index (κ3) is 3.67. The van der Waals surface area contributed by atoms with Crippen LogP contribution in [-0.2, 0) is 11.3 Å². The van der Waals surface area contributed by atoms with Crippen molar-refractivity contribution in [2.45, 2.75) is 46.2 Å². The number of amides is 1. The molecule has 1 saturated carbocycles. The molecular formula is C19H24FN3O2. The highest BCUT2D eigenvalue weighted by Gasteiger charge is 2.33. The van der Waals surface area contributed by atoms with E-state index in [1.807, 2.05) is 4.90 Å². The lowest BCUT2D eigenvalue weighted by Crippen LogP contribution is -2.31. The van der Waals surface area contributed by atoms with Crippen LogP contribution in [0.5, 0.6) is 0 Å². The summed E-state index contributed by atoms with van der Waals surface area (Å²) in [5.74, 6) is 0.455. The lowest BCUT2D eigenvalue weighted by atomic mass is 10.1. The van der Waals surface area contributed by atoms with Gasteiger partial charge in [0, 0.05) is 31.6 Å². The first kappa shape index (κ1) is 17.5. The first-order valence-electron chi connectivity index (χ1n) is 8.81. The van der Waals surface area contributed by atoms with E-state index in [1.54, 1.807) is 19.1 Å². The fourth-order valence-corrected chi connectivity index (χ4v) is 3.09. The van der Waals surface area contributed by atoms with E-state index in [1.165, 1.54) is 12.1 Å². The number of hydrogen-bond acceptors (Lipinski definition) is 4. The molecule has 1 aromatic heterocycles. The number of anilines is 1. The van der Waals surface area contributed by atoms with Gasteiger partial charge in [0.2, 0.25) is 11.8 Å². The number of nitrogens with zero attached hydrogens (tertiary/aromatic N) is 3. The van der Waals surface area contributed by atoms with E-state index in [-0.39, 0.29) is 11.7 Å². The number of benzene rings is 1. The molecule has 1 aliphatic rings. The number of aromatic nitrogens is 1. The minimum Gasteiger partial charge on any atom is -0.341 e. The van der Waals surface area contributed by atoms with Crippen molar-refractivity contribution < 1.29 is 13.7 Å². The Labute approximate surface area is 147 Å². The summed E-state index contributed by atoms with van der Waals surface area (Å²) in [6.07, 6.45) is 2.08. The molecule has 1 aliphatic carbocycles. The van der Waals surface area contributed by atoms with E-state index >= 15 is 0 Å². The highest BCUT2D eigenvalue weighted by Crippen LogP contribution is 2.35. The van der Waals surface area contributed by atoms with Gasteiger partial charge in [-0.2, -0.15) is 0 Å². The largest absolute Gasteiger partial charge is 0.341 e. The summed E-state index contributed by atoms with van der Waals surface area (Å²) in [6, 6.07) is 6.51. The molecule has 0 unspecified atom stereocenters. The normalized spacial score (nSPS) is 13.8.